The Balaban J connectivity index is 1.26. The van der Waals surface area contributed by atoms with Crippen LogP contribution in [0, 0.1) is 0 Å². The quantitative estimate of drug-likeness (QED) is 0.648. The van der Waals surface area contributed by atoms with E-state index in [9.17, 15) is 18.0 Å². The van der Waals surface area contributed by atoms with Crippen LogP contribution in [0.4, 0.5) is 13.2 Å². The van der Waals surface area contributed by atoms with Crippen molar-refractivity contribution in [3.63, 3.8) is 0 Å². The third kappa shape index (κ3) is 4.88. The summed E-state index contributed by atoms with van der Waals surface area (Å²) in [6, 6.07) is 13.1. The fourth-order valence-corrected chi connectivity index (χ4v) is 5.49. The van der Waals surface area contributed by atoms with Gasteiger partial charge in [-0.2, -0.15) is 0 Å². The maximum Gasteiger partial charge on any atom is 0.573 e. The van der Waals surface area contributed by atoms with E-state index >= 15 is 0 Å². The van der Waals surface area contributed by atoms with E-state index in [1.807, 2.05) is 4.90 Å². The standard InChI is InChI=1S/C24H25ClF3N3O3/c25-19-5-3-18(4-6-19)22(32)30-12-20-13-33-10-9-31(20)23(16-30)14-29(15-23)11-17-1-7-21(8-2-17)34-24(26,27)28/h1-8,20H,9-16H2/t20-/m1/s1. The molecule has 2 aromatic carbocycles. The number of benzene rings is 2. The first-order valence-electron chi connectivity index (χ1n) is 11.2. The minimum absolute atomic E-state index is 0.0139. The van der Waals surface area contributed by atoms with Crippen molar-refractivity contribution in [2.75, 3.05) is 45.9 Å². The number of hydrogen-bond acceptors (Lipinski definition) is 5. The number of morpholine rings is 1. The number of alkyl halides is 3. The Kier molecular flexibility index (Phi) is 6.22. The van der Waals surface area contributed by atoms with E-state index in [-0.39, 0.29) is 23.2 Å². The molecule has 0 saturated carbocycles. The summed E-state index contributed by atoms with van der Waals surface area (Å²) in [5, 5.41) is 0.589. The predicted molar refractivity (Wildman–Crippen MR) is 120 cm³/mol. The fraction of sp³-hybridized carbons (Fsp3) is 0.458. The molecule has 3 aliphatic heterocycles. The van der Waals surface area contributed by atoms with Gasteiger partial charge in [-0.3, -0.25) is 14.6 Å². The minimum atomic E-state index is -4.70. The SMILES string of the molecule is O=C(c1ccc(Cl)cc1)N1C[C@@H]2COCCN2C2(CN(Cc3ccc(OC(F)(F)F)cc3)C2)C1. The highest BCUT2D eigenvalue weighted by Gasteiger charge is 2.54. The Morgan fingerprint density at radius 3 is 2.47 bits per heavy atom. The molecular weight excluding hydrogens is 471 g/mol. The number of halogens is 4. The summed E-state index contributed by atoms with van der Waals surface area (Å²) in [5.74, 6) is -0.240. The highest BCUT2D eigenvalue weighted by Crippen LogP contribution is 2.37. The van der Waals surface area contributed by atoms with Crippen LogP contribution < -0.4 is 4.74 Å². The molecule has 3 aliphatic rings. The van der Waals surface area contributed by atoms with Crippen molar-refractivity contribution >= 4 is 17.5 Å². The largest absolute Gasteiger partial charge is 0.573 e. The summed E-state index contributed by atoms with van der Waals surface area (Å²) >= 11 is 5.98. The van der Waals surface area contributed by atoms with E-state index < -0.39 is 6.36 Å². The Labute approximate surface area is 200 Å². The molecule has 1 amide bonds. The maximum atomic E-state index is 13.2. The fourth-order valence-electron chi connectivity index (χ4n) is 5.36. The Bertz CT molecular complexity index is 1030. The summed E-state index contributed by atoms with van der Waals surface area (Å²) in [5.41, 5.74) is 1.36. The molecule has 1 atom stereocenters. The number of piperazine rings is 1. The molecule has 10 heteroatoms. The molecule has 0 N–H and O–H groups in total. The van der Waals surface area contributed by atoms with Crippen molar-refractivity contribution in [3.8, 4) is 5.75 Å². The van der Waals surface area contributed by atoms with Gasteiger partial charge in [0.05, 0.1) is 24.8 Å². The number of likely N-dealkylation sites (tertiary alicyclic amines) is 1. The Hall–Kier alpha value is -2.33. The van der Waals surface area contributed by atoms with E-state index in [4.69, 9.17) is 16.3 Å². The molecule has 0 aromatic heterocycles. The zero-order valence-electron chi connectivity index (χ0n) is 18.4. The highest BCUT2D eigenvalue weighted by molar-refractivity contribution is 6.30. The van der Waals surface area contributed by atoms with Gasteiger partial charge >= 0.3 is 6.36 Å². The Morgan fingerprint density at radius 1 is 1.09 bits per heavy atom. The summed E-state index contributed by atoms with van der Waals surface area (Å²) in [6.45, 7) is 5.49. The second kappa shape index (κ2) is 9.03. The molecule has 0 unspecified atom stereocenters. The average Bonchev–Trinajstić information content (AvgIpc) is 2.78. The average molecular weight is 496 g/mol. The number of nitrogens with zero attached hydrogens (tertiary/aromatic N) is 3. The van der Waals surface area contributed by atoms with Gasteiger partial charge in [0.1, 0.15) is 5.75 Å². The molecule has 6 nitrogen and oxygen atoms in total. The number of rotatable bonds is 4. The van der Waals surface area contributed by atoms with Crippen LogP contribution in [0.3, 0.4) is 0 Å². The number of hydrogen-bond donors (Lipinski definition) is 0. The number of fused-ring (bicyclic) bond motifs is 2. The van der Waals surface area contributed by atoms with Gasteiger partial charge in [0.15, 0.2) is 0 Å². The van der Waals surface area contributed by atoms with Crippen LogP contribution in [0.15, 0.2) is 48.5 Å². The molecule has 3 fully saturated rings. The van der Waals surface area contributed by atoms with Gasteiger partial charge in [0.25, 0.3) is 5.91 Å². The van der Waals surface area contributed by atoms with Crippen LogP contribution >= 0.6 is 11.6 Å². The molecule has 3 heterocycles. The van der Waals surface area contributed by atoms with Crippen molar-refractivity contribution < 1.29 is 27.4 Å². The predicted octanol–water partition coefficient (Wildman–Crippen LogP) is 3.65. The molecular formula is C24H25ClF3N3O3. The summed E-state index contributed by atoms with van der Waals surface area (Å²) in [6.07, 6.45) is -4.70. The second-order valence-corrected chi connectivity index (χ2v) is 9.61. The lowest BCUT2D eigenvalue weighted by molar-refractivity contribution is -0.274. The topological polar surface area (TPSA) is 45.2 Å². The summed E-state index contributed by atoms with van der Waals surface area (Å²) in [7, 11) is 0. The first-order valence-corrected chi connectivity index (χ1v) is 11.5. The van der Waals surface area contributed by atoms with Crippen LogP contribution in [-0.2, 0) is 11.3 Å². The monoisotopic (exact) mass is 495 g/mol. The lowest BCUT2D eigenvalue weighted by Crippen LogP contribution is -2.80. The van der Waals surface area contributed by atoms with Gasteiger partial charge < -0.3 is 14.4 Å². The van der Waals surface area contributed by atoms with Crippen LogP contribution in [0.5, 0.6) is 5.75 Å². The molecule has 2 aromatic rings. The van der Waals surface area contributed by atoms with E-state index in [2.05, 4.69) is 14.5 Å². The second-order valence-electron chi connectivity index (χ2n) is 9.18. The van der Waals surface area contributed by atoms with E-state index in [1.165, 1.54) is 12.1 Å². The van der Waals surface area contributed by atoms with Crippen LogP contribution in [-0.4, -0.2) is 84.5 Å². The third-order valence-corrected chi connectivity index (χ3v) is 6.98. The van der Waals surface area contributed by atoms with Crippen molar-refractivity contribution in [3.05, 3.63) is 64.7 Å². The molecule has 34 heavy (non-hydrogen) atoms. The van der Waals surface area contributed by atoms with Gasteiger partial charge in [0, 0.05) is 49.9 Å². The smallest absolute Gasteiger partial charge is 0.406 e. The van der Waals surface area contributed by atoms with Gasteiger partial charge in [-0.05, 0) is 42.0 Å². The van der Waals surface area contributed by atoms with Gasteiger partial charge in [-0.25, -0.2) is 0 Å². The van der Waals surface area contributed by atoms with Crippen molar-refractivity contribution in [2.24, 2.45) is 0 Å². The normalized spacial score (nSPS) is 22.8. The molecule has 182 valence electrons. The van der Waals surface area contributed by atoms with Crippen molar-refractivity contribution in [1.29, 1.82) is 0 Å². The minimum Gasteiger partial charge on any atom is -0.406 e. The van der Waals surface area contributed by atoms with E-state index in [0.717, 1.165) is 25.2 Å². The first-order chi connectivity index (χ1) is 16.2. The van der Waals surface area contributed by atoms with Crippen LogP contribution in [0.2, 0.25) is 5.02 Å². The molecule has 0 bridgehead atoms. The molecule has 1 spiro atoms. The van der Waals surface area contributed by atoms with E-state index in [1.54, 1.807) is 36.4 Å². The number of ether oxygens (including phenoxy) is 2. The molecule has 3 saturated heterocycles. The lowest BCUT2D eigenvalue weighted by Gasteiger charge is -2.63. The van der Waals surface area contributed by atoms with Crippen molar-refractivity contribution in [2.45, 2.75) is 24.5 Å². The Morgan fingerprint density at radius 2 is 1.79 bits per heavy atom. The zero-order chi connectivity index (χ0) is 23.9. The number of amides is 1. The molecule has 0 radical (unpaired) electrons. The molecule has 5 rings (SSSR count). The first kappa shape index (κ1) is 23.4. The number of carbonyl (C=O) groups excluding carboxylic acids is 1. The third-order valence-electron chi connectivity index (χ3n) is 6.73. The highest BCUT2D eigenvalue weighted by atomic mass is 35.5. The lowest BCUT2D eigenvalue weighted by atomic mass is 9.82. The van der Waals surface area contributed by atoms with Crippen LogP contribution in [0.1, 0.15) is 15.9 Å². The zero-order valence-corrected chi connectivity index (χ0v) is 19.2. The summed E-state index contributed by atoms with van der Waals surface area (Å²) < 4.78 is 46.8. The van der Waals surface area contributed by atoms with Gasteiger partial charge in [0.2, 0.25) is 0 Å². The van der Waals surface area contributed by atoms with Gasteiger partial charge in [-0.1, -0.05) is 23.7 Å². The van der Waals surface area contributed by atoms with E-state index in [0.29, 0.717) is 43.4 Å². The summed E-state index contributed by atoms with van der Waals surface area (Å²) in [4.78, 5) is 19.9. The number of carbonyl (C=O) groups is 1. The van der Waals surface area contributed by atoms with Crippen LogP contribution in [0.25, 0.3) is 0 Å². The van der Waals surface area contributed by atoms with Crippen molar-refractivity contribution in [1.82, 2.24) is 14.7 Å². The molecule has 0 aliphatic carbocycles. The van der Waals surface area contributed by atoms with Gasteiger partial charge in [-0.15, -0.1) is 13.2 Å². The maximum absolute atomic E-state index is 13.2.